The molecule has 118 valence electrons. The van der Waals surface area contributed by atoms with E-state index in [-0.39, 0.29) is 11.8 Å². The smallest absolute Gasteiger partial charge is 0.229 e. The van der Waals surface area contributed by atoms with Crippen molar-refractivity contribution < 1.29 is 4.79 Å². The lowest BCUT2D eigenvalue weighted by Crippen LogP contribution is -2.24. The summed E-state index contributed by atoms with van der Waals surface area (Å²) in [5.74, 6) is -0.348. The van der Waals surface area contributed by atoms with Crippen molar-refractivity contribution in [2.24, 2.45) is 5.92 Å². The summed E-state index contributed by atoms with van der Waals surface area (Å²) in [4.78, 5) is 16.8. The molecule has 1 atom stereocenters. The second-order valence-electron chi connectivity index (χ2n) is 5.27. The number of anilines is 1. The van der Waals surface area contributed by atoms with Crippen molar-refractivity contribution in [1.29, 1.82) is 0 Å². The molecule has 1 N–H and O–H groups in total. The van der Waals surface area contributed by atoms with Crippen LogP contribution in [0.5, 0.6) is 0 Å². The van der Waals surface area contributed by atoms with E-state index in [0.29, 0.717) is 17.3 Å². The lowest BCUT2D eigenvalue weighted by Gasteiger charge is -2.14. The molecule has 0 aliphatic rings. The lowest BCUT2D eigenvalue weighted by atomic mass is 10.1. The van der Waals surface area contributed by atoms with E-state index in [9.17, 15) is 4.79 Å². The van der Waals surface area contributed by atoms with Gasteiger partial charge in [0.15, 0.2) is 0 Å². The van der Waals surface area contributed by atoms with Crippen LogP contribution in [0.15, 0.2) is 47.3 Å². The van der Waals surface area contributed by atoms with Crippen molar-refractivity contribution in [3.63, 3.8) is 0 Å². The third kappa shape index (κ3) is 3.54. The Morgan fingerprint density at radius 2 is 2.26 bits per heavy atom. The van der Waals surface area contributed by atoms with Crippen LogP contribution in [0.4, 0.5) is 5.69 Å². The number of hydrogen-bond donors (Lipinski definition) is 1. The van der Waals surface area contributed by atoms with Gasteiger partial charge in [0.2, 0.25) is 5.91 Å². The molecule has 23 heavy (non-hydrogen) atoms. The highest BCUT2D eigenvalue weighted by Gasteiger charge is 2.16. The Kier molecular flexibility index (Phi) is 4.63. The fourth-order valence-corrected chi connectivity index (χ4v) is 2.90. The van der Waals surface area contributed by atoms with Crippen molar-refractivity contribution in [2.75, 3.05) is 5.32 Å². The molecule has 0 saturated carbocycles. The Labute approximate surface area is 146 Å². The maximum atomic E-state index is 12.4. The minimum atomic E-state index is -0.256. The number of nitrogens with one attached hydrogen (secondary N) is 1. The average Bonchev–Trinajstić information content (AvgIpc) is 2.95. The molecule has 5 nitrogen and oxygen atoms in total. The summed E-state index contributed by atoms with van der Waals surface area (Å²) in [6, 6.07) is 7.56. The number of carbonyl (C=O) groups is 1. The third-order valence-corrected chi connectivity index (χ3v) is 4.37. The lowest BCUT2D eigenvalue weighted by molar-refractivity contribution is -0.119. The number of halogens is 2. The first-order valence-corrected chi connectivity index (χ1v) is 8.24. The largest absolute Gasteiger partial charge is 0.324 e. The quantitative estimate of drug-likeness (QED) is 0.725. The Morgan fingerprint density at radius 3 is 3.00 bits per heavy atom. The van der Waals surface area contributed by atoms with Crippen LogP contribution in [0.1, 0.15) is 6.92 Å². The molecule has 0 aliphatic heterocycles. The molecule has 0 saturated heterocycles. The number of amides is 1. The molecule has 0 radical (unpaired) electrons. The van der Waals surface area contributed by atoms with Crippen LogP contribution < -0.4 is 5.32 Å². The van der Waals surface area contributed by atoms with Gasteiger partial charge in [0.25, 0.3) is 0 Å². The summed E-state index contributed by atoms with van der Waals surface area (Å²) in [5, 5.41) is 8.55. The van der Waals surface area contributed by atoms with Crippen LogP contribution in [-0.4, -0.2) is 20.7 Å². The van der Waals surface area contributed by atoms with Crippen molar-refractivity contribution >= 4 is 50.0 Å². The van der Waals surface area contributed by atoms with E-state index in [4.69, 9.17) is 11.6 Å². The van der Waals surface area contributed by atoms with E-state index in [1.54, 1.807) is 23.3 Å². The number of benzene rings is 1. The third-order valence-electron chi connectivity index (χ3n) is 3.48. The molecule has 7 heteroatoms. The molecule has 0 aliphatic carbocycles. The van der Waals surface area contributed by atoms with E-state index in [0.717, 1.165) is 15.4 Å². The Balaban J connectivity index is 1.79. The van der Waals surface area contributed by atoms with E-state index in [2.05, 4.69) is 31.3 Å². The summed E-state index contributed by atoms with van der Waals surface area (Å²) in [6.45, 7) is 2.31. The maximum Gasteiger partial charge on any atom is 0.229 e. The van der Waals surface area contributed by atoms with Gasteiger partial charge in [-0.15, -0.1) is 0 Å². The molecule has 0 spiro atoms. The van der Waals surface area contributed by atoms with Crippen molar-refractivity contribution in [3.8, 4) is 0 Å². The van der Waals surface area contributed by atoms with E-state index in [1.807, 2.05) is 31.2 Å². The molecule has 1 aromatic carbocycles. The van der Waals surface area contributed by atoms with E-state index >= 15 is 0 Å². The zero-order valence-electron chi connectivity index (χ0n) is 12.3. The number of fused-ring (bicyclic) bond motifs is 1. The minimum Gasteiger partial charge on any atom is -0.324 e. The number of nitrogens with zero attached hydrogens (tertiary/aromatic N) is 3. The molecule has 2 heterocycles. The molecule has 0 bridgehead atoms. The molecule has 0 fully saturated rings. The fourth-order valence-electron chi connectivity index (χ4n) is 2.30. The summed E-state index contributed by atoms with van der Waals surface area (Å²) in [5.41, 5.74) is 1.45. The molecule has 1 amide bonds. The van der Waals surface area contributed by atoms with Crippen LogP contribution in [0, 0.1) is 5.92 Å². The van der Waals surface area contributed by atoms with Crippen LogP contribution in [-0.2, 0) is 11.3 Å². The van der Waals surface area contributed by atoms with Gasteiger partial charge in [-0.25, -0.2) is 0 Å². The topological polar surface area (TPSA) is 59.8 Å². The SMILES string of the molecule is CC(Cn1cc(Cl)cn1)C(=O)Nc1ccc(Br)c2cccnc12. The number of carbonyl (C=O) groups excluding carboxylic acids is 1. The van der Waals surface area contributed by atoms with Gasteiger partial charge in [-0.3, -0.25) is 14.5 Å². The second kappa shape index (κ2) is 6.68. The molecule has 3 aromatic rings. The van der Waals surface area contributed by atoms with Gasteiger partial charge < -0.3 is 5.32 Å². The van der Waals surface area contributed by atoms with Crippen molar-refractivity contribution in [3.05, 3.63) is 52.4 Å². The van der Waals surface area contributed by atoms with Crippen LogP contribution in [0.25, 0.3) is 10.9 Å². The molecular formula is C16H14BrClN4O. The van der Waals surface area contributed by atoms with Gasteiger partial charge in [-0.2, -0.15) is 5.10 Å². The summed E-state index contributed by atoms with van der Waals surface area (Å²) in [6.07, 6.45) is 4.96. The summed E-state index contributed by atoms with van der Waals surface area (Å²) >= 11 is 9.33. The van der Waals surface area contributed by atoms with Gasteiger partial charge in [0.1, 0.15) is 0 Å². The summed E-state index contributed by atoms with van der Waals surface area (Å²) < 4.78 is 2.60. The van der Waals surface area contributed by atoms with Gasteiger partial charge >= 0.3 is 0 Å². The first-order valence-electron chi connectivity index (χ1n) is 7.06. The van der Waals surface area contributed by atoms with E-state index in [1.165, 1.54) is 0 Å². The predicted octanol–water partition coefficient (Wildman–Crippen LogP) is 4.12. The van der Waals surface area contributed by atoms with Crippen LogP contribution in [0.3, 0.4) is 0 Å². The number of rotatable bonds is 4. The molecule has 2 aromatic heterocycles. The maximum absolute atomic E-state index is 12.4. The molecule has 1 unspecified atom stereocenters. The zero-order chi connectivity index (χ0) is 16.4. The Bertz CT molecular complexity index is 864. The zero-order valence-corrected chi connectivity index (χ0v) is 14.7. The number of hydrogen-bond acceptors (Lipinski definition) is 3. The van der Waals surface area contributed by atoms with Crippen molar-refractivity contribution in [1.82, 2.24) is 14.8 Å². The summed E-state index contributed by atoms with van der Waals surface area (Å²) in [7, 11) is 0. The van der Waals surface area contributed by atoms with Gasteiger partial charge in [0, 0.05) is 22.3 Å². The second-order valence-corrected chi connectivity index (χ2v) is 6.56. The Hall–Kier alpha value is -1.92. The van der Waals surface area contributed by atoms with Crippen molar-refractivity contribution in [2.45, 2.75) is 13.5 Å². The number of aromatic nitrogens is 3. The molecule has 3 rings (SSSR count). The first-order chi connectivity index (χ1) is 11.0. The normalized spacial score (nSPS) is 12.3. The standard InChI is InChI=1S/C16H14BrClN4O/c1-10(8-22-9-11(18)7-20-22)16(23)21-14-5-4-13(17)12-3-2-6-19-15(12)14/h2-7,9-10H,8H2,1H3,(H,21,23). The van der Waals surface area contributed by atoms with Gasteiger partial charge in [-0.1, -0.05) is 40.5 Å². The van der Waals surface area contributed by atoms with E-state index < -0.39 is 0 Å². The monoisotopic (exact) mass is 392 g/mol. The minimum absolute atomic E-state index is 0.0918. The number of pyridine rings is 1. The molecular weight excluding hydrogens is 380 g/mol. The predicted molar refractivity (Wildman–Crippen MR) is 94.5 cm³/mol. The Morgan fingerprint density at radius 1 is 1.43 bits per heavy atom. The fraction of sp³-hybridized carbons (Fsp3) is 0.188. The highest BCUT2D eigenvalue weighted by atomic mass is 79.9. The highest BCUT2D eigenvalue weighted by molar-refractivity contribution is 9.10. The average molecular weight is 394 g/mol. The first kappa shape index (κ1) is 16.0. The van der Waals surface area contributed by atoms with Crippen LogP contribution in [0.2, 0.25) is 5.02 Å². The van der Waals surface area contributed by atoms with Gasteiger partial charge in [-0.05, 0) is 18.2 Å². The van der Waals surface area contributed by atoms with Gasteiger partial charge in [0.05, 0.1) is 34.9 Å². The van der Waals surface area contributed by atoms with Crippen LogP contribution >= 0.6 is 27.5 Å². The highest BCUT2D eigenvalue weighted by Crippen LogP contribution is 2.28.